The van der Waals surface area contributed by atoms with Crippen LogP contribution in [-0.2, 0) is 0 Å². The molecular formula is C13H21ClN4. The average molecular weight is 269 g/mol. The summed E-state index contributed by atoms with van der Waals surface area (Å²) in [6, 6.07) is 1.81. The lowest BCUT2D eigenvalue weighted by Gasteiger charge is -2.29. The fourth-order valence-corrected chi connectivity index (χ4v) is 2.54. The van der Waals surface area contributed by atoms with E-state index in [1.165, 1.54) is 38.9 Å². The van der Waals surface area contributed by atoms with Crippen LogP contribution in [0.25, 0.3) is 0 Å². The summed E-state index contributed by atoms with van der Waals surface area (Å²) < 4.78 is 0. The SMILES string of the molecule is CC(CNc1cnnc(Cl)c1)CN1CCCCC1. The molecule has 0 amide bonds. The number of nitrogens with one attached hydrogen (secondary N) is 1. The summed E-state index contributed by atoms with van der Waals surface area (Å²) in [5, 5.41) is 11.3. The van der Waals surface area contributed by atoms with E-state index < -0.39 is 0 Å². The molecule has 1 aromatic rings. The van der Waals surface area contributed by atoms with E-state index in [9.17, 15) is 0 Å². The topological polar surface area (TPSA) is 41.1 Å². The molecule has 0 spiro atoms. The quantitative estimate of drug-likeness (QED) is 0.891. The minimum Gasteiger partial charge on any atom is -0.383 e. The molecule has 5 heteroatoms. The minimum atomic E-state index is 0.434. The maximum Gasteiger partial charge on any atom is 0.153 e. The van der Waals surface area contributed by atoms with Crippen LogP contribution in [0.2, 0.25) is 5.15 Å². The summed E-state index contributed by atoms with van der Waals surface area (Å²) in [5.74, 6) is 0.620. The Morgan fingerprint density at radius 2 is 2.17 bits per heavy atom. The molecule has 0 aromatic carbocycles. The first-order valence-electron chi connectivity index (χ1n) is 6.68. The molecule has 1 N–H and O–H groups in total. The Kier molecular flexibility index (Phi) is 5.20. The van der Waals surface area contributed by atoms with Crippen molar-refractivity contribution in [1.29, 1.82) is 0 Å². The van der Waals surface area contributed by atoms with Gasteiger partial charge in [0.1, 0.15) is 0 Å². The molecule has 100 valence electrons. The number of piperidine rings is 1. The molecule has 1 fully saturated rings. The number of hydrogen-bond donors (Lipinski definition) is 1. The third kappa shape index (κ3) is 4.42. The van der Waals surface area contributed by atoms with Gasteiger partial charge in [0.25, 0.3) is 0 Å². The van der Waals surface area contributed by atoms with Gasteiger partial charge in [-0.3, -0.25) is 0 Å². The molecule has 4 nitrogen and oxygen atoms in total. The highest BCUT2D eigenvalue weighted by Crippen LogP contribution is 2.13. The van der Waals surface area contributed by atoms with Crippen molar-refractivity contribution < 1.29 is 0 Å². The third-order valence-corrected chi connectivity index (χ3v) is 3.48. The van der Waals surface area contributed by atoms with Crippen molar-refractivity contribution in [2.24, 2.45) is 5.92 Å². The summed E-state index contributed by atoms with van der Waals surface area (Å²) in [6.07, 6.45) is 5.80. The van der Waals surface area contributed by atoms with E-state index in [0.29, 0.717) is 11.1 Å². The van der Waals surface area contributed by atoms with Crippen molar-refractivity contribution in [3.63, 3.8) is 0 Å². The number of anilines is 1. The molecule has 0 bridgehead atoms. The molecule has 18 heavy (non-hydrogen) atoms. The van der Waals surface area contributed by atoms with Crippen LogP contribution in [0.15, 0.2) is 12.3 Å². The molecule has 0 saturated carbocycles. The second-order valence-corrected chi connectivity index (χ2v) is 5.50. The zero-order valence-electron chi connectivity index (χ0n) is 10.9. The molecule has 1 saturated heterocycles. The fourth-order valence-electron chi connectivity index (χ4n) is 2.38. The standard InChI is InChI=1S/C13H21ClN4/c1-11(10-18-5-3-2-4-6-18)8-15-12-7-13(14)17-16-9-12/h7,9,11H,2-6,8,10H2,1H3,(H,15,17). The van der Waals surface area contributed by atoms with Gasteiger partial charge in [0, 0.05) is 19.2 Å². The van der Waals surface area contributed by atoms with Crippen LogP contribution >= 0.6 is 11.6 Å². The third-order valence-electron chi connectivity index (χ3n) is 3.30. The van der Waals surface area contributed by atoms with Crippen LogP contribution in [0.3, 0.4) is 0 Å². The second-order valence-electron chi connectivity index (χ2n) is 5.11. The van der Waals surface area contributed by atoms with Crippen molar-refractivity contribution in [2.45, 2.75) is 26.2 Å². The molecule has 0 aliphatic carbocycles. The summed E-state index contributed by atoms with van der Waals surface area (Å²) in [6.45, 7) is 6.90. The Labute approximate surface area is 114 Å². The average Bonchev–Trinajstić information content (AvgIpc) is 2.38. The summed E-state index contributed by atoms with van der Waals surface area (Å²) in [4.78, 5) is 2.56. The minimum absolute atomic E-state index is 0.434. The van der Waals surface area contributed by atoms with E-state index in [1.807, 2.05) is 6.07 Å². The highest BCUT2D eigenvalue weighted by atomic mass is 35.5. The van der Waals surface area contributed by atoms with Crippen molar-refractivity contribution in [2.75, 3.05) is 31.5 Å². The van der Waals surface area contributed by atoms with E-state index >= 15 is 0 Å². The van der Waals surface area contributed by atoms with Gasteiger partial charge in [-0.25, -0.2) is 0 Å². The Hall–Kier alpha value is -0.870. The van der Waals surface area contributed by atoms with Gasteiger partial charge >= 0.3 is 0 Å². The van der Waals surface area contributed by atoms with Crippen LogP contribution in [0.5, 0.6) is 0 Å². The Balaban J connectivity index is 1.72. The zero-order valence-corrected chi connectivity index (χ0v) is 11.7. The molecule has 2 rings (SSSR count). The van der Waals surface area contributed by atoms with Crippen LogP contribution in [0.1, 0.15) is 26.2 Å². The van der Waals surface area contributed by atoms with Crippen molar-refractivity contribution in [3.8, 4) is 0 Å². The van der Waals surface area contributed by atoms with Gasteiger partial charge in [-0.15, -0.1) is 5.10 Å². The van der Waals surface area contributed by atoms with E-state index in [-0.39, 0.29) is 0 Å². The van der Waals surface area contributed by atoms with Gasteiger partial charge in [-0.05, 0) is 31.8 Å². The predicted octanol–water partition coefficient (Wildman–Crippen LogP) is 2.66. The van der Waals surface area contributed by atoms with Crippen LogP contribution in [0.4, 0.5) is 5.69 Å². The number of nitrogens with zero attached hydrogens (tertiary/aromatic N) is 3. The summed E-state index contributed by atoms with van der Waals surface area (Å²) >= 11 is 5.79. The first-order chi connectivity index (χ1) is 8.74. The van der Waals surface area contributed by atoms with Gasteiger partial charge in [0.15, 0.2) is 5.15 Å². The molecule has 1 aliphatic heterocycles. The zero-order chi connectivity index (χ0) is 12.8. The van der Waals surface area contributed by atoms with Crippen molar-refractivity contribution in [1.82, 2.24) is 15.1 Å². The Morgan fingerprint density at radius 3 is 2.89 bits per heavy atom. The molecule has 0 radical (unpaired) electrons. The lowest BCUT2D eigenvalue weighted by molar-refractivity contribution is 0.204. The molecule has 1 aliphatic rings. The lowest BCUT2D eigenvalue weighted by atomic mass is 10.1. The maximum absolute atomic E-state index is 5.79. The van der Waals surface area contributed by atoms with Crippen LogP contribution < -0.4 is 5.32 Å². The second kappa shape index (κ2) is 6.90. The molecule has 2 heterocycles. The first-order valence-corrected chi connectivity index (χ1v) is 7.06. The van der Waals surface area contributed by atoms with Crippen molar-refractivity contribution in [3.05, 3.63) is 17.4 Å². The van der Waals surface area contributed by atoms with E-state index in [2.05, 4.69) is 27.3 Å². The van der Waals surface area contributed by atoms with E-state index in [4.69, 9.17) is 11.6 Å². The molecular weight excluding hydrogens is 248 g/mol. The van der Waals surface area contributed by atoms with Crippen LogP contribution in [-0.4, -0.2) is 41.3 Å². The largest absolute Gasteiger partial charge is 0.383 e. The monoisotopic (exact) mass is 268 g/mol. The summed E-state index contributed by atoms with van der Waals surface area (Å²) in [7, 11) is 0. The molecule has 1 aromatic heterocycles. The highest BCUT2D eigenvalue weighted by Gasteiger charge is 2.13. The van der Waals surface area contributed by atoms with Gasteiger partial charge in [0.2, 0.25) is 0 Å². The van der Waals surface area contributed by atoms with Crippen molar-refractivity contribution >= 4 is 17.3 Å². The number of likely N-dealkylation sites (tertiary alicyclic amines) is 1. The van der Waals surface area contributed by atoms with Gasteiger partial charge in [-0.1, -0.05) is 24.9 Å². The number of halogens is 1. The molecule has 1 atom stereocenters. The normalized spacial score (nSPS) is 18.6. The van der Waals surface area contributed by atoms with Gasteiger partial charge in [-0.2, -0.15) is 5.10 Å². The number of hydrogen-bond acceptors (Lipinski definition) is 4. The van der Waals surface area contributed by atoms with Gasteiger partial charge < -0.3 is 10.2 Å². The summed E-state index contributed by atoms with van der Waals surface area (Å²) in [5.41, 5.74) is 0.945. The number of rotatable bonds is 5. The first kappa shape index (κ1) is 13.6. The lowest BCUT2D eigenvalue weighted by Crippen LogP contribution is -2.35. The van der Waals surface area contributed by atoms with Gasteiger partial charge in [0.05, 0.1) is 11.9 Å². The highest BCUT2D eigenvalue weighted by molar-refractivity contribution is 6.29. The Bertz CT molecular complexity index is 366. The maximum atomic E-state index is 5.79. The molecule has 1 unspecified atom stereocenters. The van der Waals surface area contributed by atoms with E-state index in [1.54, 1.807) is 6.20 Å². The Morgan fingerprint density at radius 1 is 1.39 bits per heavy atom. The van der Waals surface area contributed by atoms with E-state index in [0.717, 1.165) is 12.2 Å². The smallest absolute Gasteiger partial charge is 0.153 e. The number of aromatic nitrogens is 2. The fraction of sp³-hybridized carbons (Fsp3) is 0.692. The predicted molar refractivity (Wildman–Crippen MR) is 75.0 cm³/mol. The van der Waals surface area contributed by atoms with Crippen LogP contribution in [0, 0.1) is 5.92 Å².